The maximum atomic E-state index is 5.68. The Labute approximate surface area is 129 Å². The van der Waals surface area contributed by atoms with E-state index in [1.165, 1.54) is 0 Å². The van der Waals surface area contributed by atoms with Crippen molar-refractivity contribution in [1.29, 1.82) is 0 Å². The molecule has 7 heteroatoms. The maximum absolute atomic E-state index is 5.68. The number of nitrogens with zero attached hydrogens (tertiary/aromatic N) is 3. The standard InChI is InChI=1S/C15H20N6O/c1-3-22-14-12-13(21(2)9-17-12)19-15(20-14)18-11-6-4-5-10(7-11)8-16/h4-7,9,14H,3,8,16H2,1-2H3,(H2,18,19,20). The van der Waals surface area contributed by atoms with E-state index in [0.717, 1.165) is 22.8 Å². The lowest BCUT2D eigenvalue weighted by molar-refractivity contribution is 0.0662. The predicted octanol–water partition coefficient (Wildman–Crippen LogP) is 1.81. The quantitative estimate of drug-likeness (QED) is 0.801. The van der Waals surface area contributed by atoms with Crippen LogP contribution >= 0.6 is 0 Å². The molecule has 0 spiro atoms. The Kier molecular flexibility index (Phi) is 4.08. The van der Waals surface area contributed by atoms with Crippen LogP contribution in [0, 0.1) is 0 Å². The van der Waals surface area contributed by atoms with Crippen LogP contribution in [0.15, 0.2) is 35.6 Å². The summed E-state index contributed by atoms with van der Waals surface area (Å²) in [6.45, 7) is 3.01. The second-order valence-corrected chi connectivity index (χ2v) is 5.03. The van der Waals surface area contributed by atoms with Gasteiger partial charge in [0.1, 0.15) is 11.5 Å². The van der Waals surface area contributed by atoms with Crippen LogP contribution in [0.5, 0.6) is 0 Å². The van der Waals surface area contributed by atoms with E-state index in [1.54, 1.807) is 6.33 Å². The molecule has 2 heterocycles. The summed E-state index contributed by atoms with van der Waals surface area (Å²) in [7, 11) is 1.93. The Balaban J connectivity index is 1.85. The minimum absolute atomic E-state index is 0.400. The Morgan fingerprint density at radius 2 is 2.32 bits per heavy atom. The number of aryl methyl sites for hydroxylation is 1. The molecule has 0 bridgehead atoms. The topological polar surface area (TPSA) is 89.5 Å². The van der Waals surface area contributed by atoms with E-state index >= 15 is 0 Å². The zero-order chi connectivity index (χ0) is 15.5. The first-order valence-corrected chi connectivity index (χ1v) is 7.25. The van der Waals surface area contributed by atoms with E-state index in [-0.39, 0.29) is 0 Å². The lowest BCUT2D eigenvalue weighted by Crippen LogP contribution is -2.29. The fraction of sp³-hybridized carbons (Fsp3) is 0.333. The largest absolute Gasteiger partial charge is 0.351 e. The van der Waals surface area contributed by atoms with Gasteiger partial charge in [0.2, 0.25) is 5.96 Å². The number of aromatic nitrogens is 2. The number of ether oxygens (including phenoxy) is 1. The molecule has 1 aromatic heterocycles. The summed E-state index contributed by atoms with van der Waals surface area (Å²) < 4.78 is 7.58. The zero-order valence-corrected chi connectivity index (χ0v) is 12.7. The van der Waals surface area contributed by atoms with Crippen LogP contribution in [0.25, 0.3) is 0 Å². The third-order valence-corrected chi connectivity index (χ3v) is 3.43. The van der Waals surface area contributed by atoms with Gasteiger partial charge in [0.25, 0.3) is 0 Å². The lowest BCUT2D eigenvalue weighted by atomic mass is 10.2. The van der Waals surface area contributed by atoms with Gasteiger partial charge < -0.3 is 25.7 Å². The summed E-state index contributed by atoms with van der Waals surface area (Å²) in [5, 5.41) is 6.51. The first-order chi connectivity index (χ1) is 10.7. The Morgan fingerprint density at radius 3 is 3.09 bits per heavy atom. The SMILES string of the molecule is CCOC1N=C(Nc2cccc(CN)c2)Nc2c1ncn2C. The van der Waals surface area contributed by atoms with E-state index in [1.807, 2.05) is 42.8 Å². The molecule has 3 rings (SSSR count). The number of guanidine groups is 1. The summed E-state index contributed by atoms with van der Waals surface area (Å²) in [5.41, 5.74) is 8.46. The molecule has 1 unspecified atom stereocenters. The number of nitrogens with two attached hydrogens (primary N) is 1. The smallest absolute Gasteiger partial charge is 0.204 e. The molecule has 0 amide bonds. The van der Waals surface area contributed by atoms with Crippen molar-refractivity contribution in [1.82, 2.24) is 9.55 Å². The van der Waals surface area contributed by atoms with Gasteiger partial charge in [-0.25, -0.2) is 9.98 Å². The fourth-order valence-corrected chi connectivity index (χ4v) is 2.35. The van der Waals surface area contributed by atoms with Gasteiger partial charge in [-0.1, -0.05) is 12.1 Å². The summed E-state index contributed by atoms with van der Waals surface area (Å²) in [5.74, 6) is 1.51. The molecule has 0 fully saturated rings. The summed E-state index contributed by atoms with van der Waals surface area (Å²) in [6.07, 6.45) is 1.35. The average molecular weight is 300 g/mol. The molecule has 7 nitrogen and oxygen atoms in total. The Bertz CT molecular complexity index is 693. The van der Waals surface area contributed by atoms with Crippen LogP contribution in [-0.2, 0) is 18.3 Å². The molecule has 1 aliphatic rings. The van der Waals surface area contributed by atoms with Gasteiger partial charge in [-0.05, 0) is 24.6 Å². The molecule has 1 aliphatic heterocycles. The molecular formula is C15H20N6O. The highest BCUT2D eigenvalue weighted by Crippen LogP contribution is 2.29. The van der Waals surface area contributed by atoms with Crippen LogP contribution in [0.4, 0.5) is 11.5 Å². The van der Waals surface area contributed by atoms with E-state index in [0.29, 0.717) is 19.1 Å². The maximum Gasteiger partial charge on any atom is 0.204 e. The second-order valence-electron chi connectivity index (χ2n) is 5.03. The van der Waals surface area contributed by atoms with Gasteiger partial charge in [0.05, 0.1) is 6.33 Å². The van der Waals surface area contributed by atoms with Gasteiger partial charge in [0.15, 0.2) is 6.23 Å². The van der Waals surface area contributed by atoms with Crippen molar-refractivity contribution in [2.75, 3.05) is 17.2 Å². The molecule has 1 aromatic carbocycles. The lowest BCUT2D eigenvalue weighted by Gasteiger charge is -2.23. The number of aliphatic imine (C=N–C) groups is 1. The molecule has 0 saturated carbocycles. The minimum atomic E-state index is -0.400. The van der Waals surface area contributed by atoms with Gasteiger partial charge >= 0.3 is 0 Å². The highest BCUT2D eigenvalue weighted by Gasteiger charge is 2.25. The third kappa shape index (κ3) is 2.81. The van der Waals surface area contributed by atoms with Crippen molar-refractivity contribution in [3.63, 3.8) is 0 Å². The Morgan fingerprint density at radius 1 is 1.45 bits per heavy atom. The number of hydrogen-bond acceptors (Lipinski definition) is 6. The number of hydrogen-bond donors (Lipinski definition) is 3. The van der Waals surface area contributed by atoms with Crippen LogP contribution in [0.1, 0.15) is 24.4 Å². The normalized spacial score (nSPS) is 16.7. The highest BCUT2D eigenvalue weighted by atomic mass is 16.5. The first kappa shape index (κ1) is 14.6. The van der Waals surface area contributed by atoms with Crippen molar-refractivity contribution < 1.29 is 4.74 Å². The summed E-state index contributed by atoms with van der Waals surface area (Å²) in [4.78, 5) is 8.89. The number of nitrogens with one attached hydrogen (secondary N) is 2. The molecule has 116 valence electrons. The first-order valence-electron chi connectivity index (χ1n) is 7.25. The Hall–Kier alpha value is -2.38. The number of benzene rings is 1. The van der Waals surface area contributed by atoms with Gasteiger partial charge in [0, 0.05) is 25.9 Å². The van der Waals surface area contributed by atoms with E-state index < -0.39 is 6.23 Å². The van der Waals surface area contributed by atoms with Gasteiger partial charge in [-0.2, -0.15) is 0 Å². The van der Waals surface area contributed by atoms with E-state index in [2.05, 4.69) is 20.6 Å². The molecule has 4 N–H and O–H groups in total. The third-order valence-electron chi connectivity index (χ3n) is 3.43. The number of fused-ring (bicyclic) bond motifs is 1. The molecule has 2 aromatic rings. The molecule has 22 heavy (non-hydrogen) atoms. The number of rotatable bonds is 4. The predicted molar refractivity (Wildman–Crippen MR) is 86.6 cm³/mol. The van der Waals surface area contributed by atoms with Crippen LogP contribution < -0.4 is 16.4 Å². The number of anilines is 2. The zero-order valence-electron chi connectivity index (χ0n) is 12.7. The van der Waals surface area contributed by atoms with Crippen molar-refractivity contribution in [3.8, 4) is 0 Å². The van der Waals surface area contributed by atoms with Crippen molar-refractivity contribution in [3.05, 3.63) is 41.9 Å². The van der Waals surface area contributed by atoms with Crippen LogP contribution in [0.2, 0.25) is 0 Å². The molecule has 0 aliphatic carbocycles. The van der Waals surface area contributed by atoms with Crippen molar-refractivity contribution >= 4 is 17.5 Å². The molecule has 1 atom stereocenters. The summed E-state index contributed by atoms with van der Waals surface area (Å²) >= 11 is 0. The van der Waals surface area contributed by atoms with Crippen molar-refractivity contribution in [2.45, 2.75) is 19.7 Å². The highest BCUT2D eigenvalue weighted by molar-refractivity contribution is 6.04. The molecule has 0 saturated heterocycles. The number of imidazole rings is 1. The summed E-state index contributed by atoms with van der Waals surface area (Å²) in [6, 6.07) is 7.92. The van der Waals surface area contributed by atoms with Crippen molar-refractivity contribution in [2.24, 2.45) is 17.8 Å². The second kappa shape index (κ2) is 6.17. The average Bonchev–Trinajstić information content (AvgIpc) is 2.90. The monoisotopic (exact) mass is 300 g/mol. The molecular weight excluding hydrogens is 280 g/mol. The van der Waals surface area contributed by atoms with Crippen LogP contribution in [0.3, 0.4) is 0 Å². The van der Waals surface area contributed by atoms with E-state index in [9.17, 15) is 0 Å². The van der Waals surface area contributed by atoms with Gasteiger partial charge in [-0.3, -0.25) is 0 Å². The molecule has 0 radical (unpaired) electrons. The fourth-order valence-electron chi connectivity index (χ4n) is 2.35. The minimum Gasteiger partial charge on any atom is -0.351 e. The van der Waals surface area contributed by atoms with Gasteiger partial charge in [-0.15, -0.1) is 0 Å². The van der Waals surface area contributed by atoms with Crippen LogP contribution in [-0.4, -0.2) is 22.1 Å². The van der Waals surface area contributed by atoms with E-state index in [4.69, 9.17) is 10.5 Å².